The van der Waals surface area contributed by atoms with Gasteiger partial charge in [-0.05, 0) is 63.7 Å². The van der Waals surface area contributed by atoms with Gasteiger partial charge in [0.15, 0.2) is 6.20 Å². The third kappa shape index (κ3) is 2.53. The maximum absolute atomic E-state index is 14.1. The Hall–Kier alpha value is -2.91. The number of benzene rings is 4. The summed E-state index contributed by atoms with van der Waals surface area (Å²) in [6.07, 6.45) is 2.15. The van der Waals surface area contributed by atoms with Gasteiger partial charge < -0.3 is 0 Å². The van der Waals surface area contributed by atoms with Crippen LogP contribution in [0.4, 0.5) is 4.39 Å². The highest BCUT2D eigenvalue weighted by molar-refractivity contribution is 8.00. The smallest absolute Gasteiger partial charge is 0.207 e. The molecule has 152 valence electrons. The third-order valence-electron chi connectivity index (χ3n) is 6.65. The van der Waals surface area contributed by atoms with E-state index in [1.54, 1.807) is 12.1 Å². The predicted octanol–water partition coefficient (Wildman–Crippen LogP) is 7.67. The number of hydrogen-bond acceptors (Lipinski definition) is 1. The lowest BCUT2D eigenvalue weighted by Gasteiger charge is -2.26. The summed E-state index contributed by atoms with van der Waals surface area (Å²) >= 11 is 1.85. The Bertz CT molecular complexity index is 1570. The monoisotopic (exact) mass is 424 g/mol. The van der Waals surface area contributed by atoms with E-state index in [9.17, 15) is 4.39 Å². The molecule has 0 spiro atoms. The predicted molar refractivity (Wildman–Crippen MR) is 128 cm³/mol. The molecule has 1 aliphatic heterocycles. The van der Waals surface area contributed by atoms with Gasteiger partial charge in [0.2, 0.25) is 5.69 Å². The quantitative estimate of drug-likeness (QED) is 0.193. The maximum atomic E-state index is 14.1. The van der Waals surface area contributed by atoms with Crippen LogP contribution in [0.2, 0.25) is 0 Å². The van der Waals surface area contributed by atoms with E-state index in [0.29, 0.717) is 5.92 Å². The van der Waals surface area contributed by atoms with E-state index >= 15 is 0 Å². The zero-order chi connectivity index (χ0) is 21.4. The molecule has 0 unspecified atom stereocenters. The topological polar surface area (TPSA) is 3.88 Å². The molecule has 0 saturated heterocycles. The minimum atomic E-state index is -0.188. The lowest BCUT2D eigenvalue weighted by Crippen LogP contribution is -2.32. The molecule has 4 aromatic carbocycles. The van der Waals surface area contributed by atoms with Crippen molar-refractivity contribution in [3.63, 3.8) is 0 Å². The van der Waals surface area contributed by atoms with E-state index in [0.717, 1.165) is 10.8 Å². The van der Waals surface area contributed by atoms with E-state index in [-0.39, 0.29) is 5.82 Å². The highest BCUT2D eigenvalue weighted by Crippen LogP contribution is 2.53. The summed E-state index contributed by atoms with van der Waals surface area (Å²) in [5.41, 5.74) is 5.34. The van der Waals surface area contributed by atoms with Gasteiger partial charge in [0.05, 0.1) is 10.9 Å². The summed E-state index contributed by atoms with van der Waals surface area (Å²) in [5.74, 6) is 0.211. The average molecular weight is 425 g/mol. The zero-order valence-corrected chi connectivity index (χ0v) is 18.9. The average Bonchev–Trinajstić information content (AvgIpc) is 2.74. The molecule has 0 saturated carbocycles. The van der Waals surface area contributed by atoms with E-state index in [4.69, 9.17) is 0 Å². The first kappa shape index (κ1) is 18.8. The van der Waals surface area contributed by atoms with E-state index in [1.165, 1.54) is 53.7 Å². The van der Waals surface area contributed by atoms with Crippen molar-refractivity contribution in [1.29, 1.82) is 0 Å². The molecular formula is C28H23FNS+. The van der Waals surface area contributed by atoms with E-state index < -0.39 is 0 Å². The van der Waals surface area contributed by atoms with Gasteiger partial charge in [-0.15, -0.1) is 0 Å². The fourth-order valence-electron chi connectivity index (χ4n) is 5.30. The molecule has 0 aliphatic carbocycles. The maximum Gasteiger partial charge on any atom is 0.222 e. The van der Waals surface area contributed by atoms with Crippen molar-refractivity contribution in [2.45, 2.75) is 36.5 Å². The number of halogens is 1. The number of fused-ring (bicyclic) bond motifs is 5. The molecule has 5 aromatic rings. The molecule has 0 bridgehead atoms. The molecule has 6 rings (SSSR count). The highest BCUT2D eigenvalue weighted by atomic mass is 32.2. The van der Waals surface area contributed by atoms with Crippen LogP contribution in [-0.4, -0.2) is 0 Å². The molecular weight excluding hydrogens is 401 g/mol. The second kappa shape index (κ2) is 6.54. The minimum Gasteiger partial charge on any atom is -0.207 e. The molecule has 31 heavy (non-hydrogen) atoms. The number of aromatic nitrogens is 1. The third-order valence-corrected chi connectivity index (χ3v) is 7.82. The molecule has 0 atom stereocenters. The first-order valence-electron chi connectivity index (χ1n) is 10.7. The fraction of sp³-hybridized carbons (Fsp3) is 0.179. The molecule has 0 amide bonds. The van der Waals surface area contributed by atoms with Gasteiger partial charge in [-0.1, -0.05) is 55.9 Å². The molecule has 2 heterocycles. The van der Waals surface area contributed by atoms with Gasteiger partial charge in [0.1, 0.15) is 12.9 Å². The van der Waals surface area contributed by atoms with Crippen LogP contribution in [-0.2, 0) is 7.05 Å². The van der Waals surface area contributed by atoms with Crippen LogP contribution in [0.1, 0.15) is 30.9 Å². The molecule has 0 radical (unpaired) electrons. The van der Waals surface area contributed by atoms with Crippen LogP contribution in [0.5, 0.6) is 0 Å². The molecule has 0 fully saturated rings. The Morgan fingerprint density at radius 3 is 2.45 bits per heavy atom. The molecule has 1 aliphatic rings. The lowest BCUT2D eigenvalue weighted by molar-refractivity contribution is -0.659. The second-order valence-corrected chi connectivity index (χ2v) is 9.90. The molecule has 1 aromatic heterocycles. The van der Waals surface area contributed by atoms with Crippen LogP contribution < -0.4 is 4.57 Å². The molecule has 3 heteroatoms. The summed E-state index contributed by atoms with van der Waals surface area (Å²) in [6.45, 7) is 6.82. The van der Waals surface area contributed by atoms with E-state index in [2.05, 4.69) is 75.0 Å². The fourth-order valence-corrected chi connectivity index (χ4v) is 6.82. The molecule has 1 nitrogen and oxygen atoms in total. The lowest BCUT2D eigenvalue weighted by atomic mass is 9.87. The van der Waals surface area contributed by atoms with Gasteiger partial charge in [-0.25, -0.2) is 8.96 Å². The van der Waals surface area contributed by atoms with Crippen molar-refractivity contribution in [2.75, 3.05) is 0 Å². The van der Waals surface area contributed by atoms with Crippen LogP contribution in [0.25, 0.3) is 43.6 Å². The van der Waals surface area contributed by atoms with Crippen LogP contribution in [0, 0.1) is 12.7 Å². The van der Waals surface area contributed by atoms with Crippen LogP contribution >= 0.6 is 11.8 Å². The van der Waals surface area contributed by atoms with Crippen molar-refractivity contribution in [3.05, 3.63) is 77.7 Å². The Labute approximate surface area is 185 Å². The van der Waals surface area contributed by atoms with E-state index in [1.807, 2.05) is 17.8 Å². The van der Waals surface area contributed by atoms with Crippen LogP contribution in [0.3, 0.4) is 0 Å². The highest BCUT2D eigenvalue weighted by Gasteiger charge is 2.32. The van der Waals surface area contributed by atoms with Crippen molar-refractivity contribution in [1.82, 2.24) is 0 Å². The number of aryl methyl sites for hydroxylation is 2. The van der Waals surface area contributed by atoms with Crippen molar-refractivity contribution in [2.24, 2.45) is 7.05 Å². The Balaban J connectivity index is 1.86. The summed E-state index contributed by atoms with van der Waals surface area (Å²) in [7, 11) is 2.14. The number of hydrogen-bond donors (Lipinski definition) is 0. The summed E-state index contributed by atoms with van der Waals surface area (Å²) in [5, 5.41) is 7.20. The van der Waals surface area contributed by atoms with Crippen molar-refractivity contribution in [3.8, 4) is 11.3 Å². The second-order valence-electron chi connectivity index (χ2n) is 8.85. The van der Waals surface area contributed by atoms with Crippen LogP contribution in [0.15, 0.2) is 70.6 Å². The largest absolute Gasteiger partial charge is 0.222 e. The van der Waals surface area contributed by atoms with Crippen molar-refractivity contribution >= 4 is 44.1 Å². The minimum absolute atomic E-state index is 0.188. The Kier molecular flexibility index (Phi) is 3.97. The number of rotatable bonds is 1. The van der Waals surface area contributed by atoms with Crippen molar-refractivity contribution < 1.29 is 8.96 Å². The normalized spacial score (nSPS) is 12.8. The molecule has 0 N–H and O–H groups in total. The Morgan fingerprint density at radius 1 is 0.903 bits per heavy atom. The van der Waals surface area contributed by atoms with Gasteiger partial charge in [-0.3, -0.25) is 0 Å². The SMILES string of the molecule is Cc1c2c(c(C(C)C)c3ccccc13)Sc1cc3cc(F)ccc3c3cc[n+](C)c-2c13. The zero-order valence-electron chi connectivity index (χ0n) is 18.1. The Morgan fingerprint density at radius 2 is 1.68 bits per heavy atom. The summed E-state index contributed by atoms with van der Waals surface area (Å²) in [4.78, 5) is 2.56. The summed E-state index contributed by atoms with van der Waals surface area (Å²) < 4.78 is 16.3. The van der Waals surface area contributed by atoms with Gasteiger partial charge >= 0.3 is 0 Å². The number of nitrogens with zero attached hydrogens (tertiary/aromatic N) is 1. The van der Waals surface area contributed by atoms with Gasteiger partial charge in [0, 0.05) is 21.2 Å². The van der Waals surface area contributed by atoms with Gasteiger partial charge in [-0.2, -0.15) is 0 Å². The first-order chi connectivity index (χ1) is 15.0. The first-order valence-corrected chi connectivity index (χ1v) is 11.6. The number of pyridine rings is 1. The van der Waals surface area contributed by atoms with Gasteiger partial charge in [0.25, 0.3) is 0 Å². The summed E-state index contributed by atoms with van der Waals surface area (Å²) in [6, 6.07) is 18.3. The standard InChI is InChI=1S/C28H23FNS/c1-15(2)24-21-8-6-5-7-19(21)16(3)25-27-26-22(11-12-30(27)4)20-10-9-18(29)13-17(20)14-23(26)31-28(24)25/h5-15H,1-4H3/q+1.